The summed E-state index contributed by atoms with van der Waals surface area (Å²) in [5.74, 6) is -0.171. The number of hydrogen-bond acceptors (Lipinski definition) is 4. The Hall–Kier alpha value is -2.43. The van der Waals surface area contributed by atoms with Crippen molar-refractivity contribution in [2.75, 3.05) is 12.4 Å². The van der Waals surface area contributed by atoms with Crippen molar-refractivity contribution in [3.8, 4) is 11.3 Å². The molecule has 2 aromatic rings. The molecule has 0 fully saturated rings. The number of aromatic nitrogens is 2. The molecule has 0 spiro atoms. The van der Waals surface area contributed by atoms with Gasteiger partial charge in [-0.25, -0.2) is 4.68 Å². The summed E-state index contributed by atoms with van der Waals surface area (Å²) in [6.07, 6.45) is 1.84. The number of aryl methyl sites for hydroxylation is 1. The van der Waals surface area contributed by atoms with Crippen LogP contribution in [0.15, 0.2) is 35.1 Å². The summed E-state index contributed by atoms with van der Waals surface area (Å²) in [5.41, 5.74) is 1.80. The van der Waals surface area contributed by atoms with Gasteiger partial charge in [-0.2, -0.15) is 5.10 Å². The monoisotopic (exact) mass is 299 g/mol. The van der Waals surface area contributed by atoms with E-state index in [1.54, 1.807) is 7.05 Å². The van der Waals surface area contributed by atoms with E-state index in [9.17, 15) is 9.59 Å². The normalized spacial score (nSPS) is 10.5. The second-order valence-corrected chi connectivity index (χ2v) is 5.15. The number of benzene rings is 1. The Labute approximate surface area is 130 Å². The number of nitrogens with zero attached hydrogens (tertiary/aromatic N) is 2. The van der Waals surface area contributed by atoms with Gasteiger partial charge in [0.25, 0.3) is 5.56 Å². The fourth-order valence-electron chi connectivity index (χ4n) is 2.40. The molecule has 22 heavy (non-hydrogen) atoms. The average molecular weight is 299 g/mol. The minimum absolute atomic E-state index is 0.171. The van der Waals surface area contributed by atoms with E-state index in [0.717, 1.165) is 18.4 Å². The molecule has 0 bridgehead atoms. The van der Waals surface area contributed by atoms with E-state index >= 15 is 0 Å². The topological polar surface area (TPSA) is 64.0 Å². The number of ketones is 1. The predicted molar refractivity (Wildman–Crippen MR) is 88.4 cm³/mol. The quantitative estimate of drug-likeness (QED) is 0.833. The number of Topliss-reactive ketones (excluding diaryl/α,β-unsaturated/α-hetero) is 1. The molecule has 0 atom stereocenters. The summed E-state index contributed by atoms with van der Waals surface area (Å²) in [6, 6.07) is 9.47. The minimum atomic E-state index is -0.249. The van der Waals surface area contributed by atoms with E-state index in [1.165, 1.54) is 11.6 Å². The Morgan fingerprint density at radius 1 is 1.27 bits per heavy atom. The van der Waals surface area contributed by atoms with Gasteiger partial charge in [-0.3, -0.25) is 9.59 Å². The van der Waals surface area contributed by atoms with Crippen LogP contribution < -0.4 is 10.9 Å². The van der Waals surface area contributed by atoms with E-state index in [4.69, 9.17) is 0 Å². The van der Waals surface area contributed by atoms with Crippen LogP contribution in [-0.2, 0) is 6.54 Å². The number of carbonyl (C=O) groups excluding carboxylic acids is 1. The molecule has 0 aliphatic carbocycles. The highest BCUT2D eigenvalue weighted by Crippen LogP contribution is 2.25. The van der Waals surface area contributed by atoms with Crippen molar-refractivity contribution in [2.45, 2.75) is 33.2 Å². The lowest BCUT2D eigenvalue weighted by Gasteiger charge is -2.15. The molecule has 1 aromatic carbocycles. The first-order valence-corrected chi connectivity index (χ1v) is 7.49. The molecule has 0 unspecified atom stereocenters. The number of anilines is 1. The average Bonchev–Trinajstić information content (AvgIpc) is 2.53. The molecule has 0 saturated carbocycles. The van der Waals surface area contributed by atoms with Crippen LogP contribution in [0.2, 0.25) is 0 Å². The Morgan fingerprint density at radius 3 is 2.50 bits per heavy atom. The van der Waals surface area contributed by atoms with E-state index in [2.05, 4.69) is 17.3 Å². The lowest BCUT2D eigenvalue weighted by molar-refractivity contribution is 0.101. The highest BCUT2D eigenvalue weighted by molar-refractivity contribution is 6.04. The molecule has 5 nitrogen and oxygen atoms in total. The number of hydrogen-bond donors (Lipinski definition) is 1. The Morgan fingerprint density at radius 2 is 1.95 bits per heavy atom. The van der Waals surface area contributed by atoms with Crippen LogP contribution >= 0.6 is 0 Å². The summed E-state index contributed by atoms with van der Waals surface area (Å²) in [6.45, 7) is 4.06. The van der Waals surface area contributed by atoms with Crippen LogP contribution in [-0.4, -0.2) is 22.6 Å². The largest absolute Gasteiger partial charge is 0.383 e. The maximum absolute atomic E-state index is 12.5. The van der Waals surface area contributed by atoms with Crippen LogP contribution in [0.3, 0.4) is 0 Å². The van der Waals surface area contributed by atoms with Gasteiger partial charge in [-0.05, 0) is 13.3 Å². The van der Waals surface area contributed by atoms with Crippen LogP contribution in [0.1, 0.15) is 37.0 Å². The standard InChI is InChI=1S/C17H21N3O2/c1-4-5-11-20-17(22)16(18-3)14(12(2)21)15(19-20)13-9-7-6-8-10-13/h6-10,18H,4-5,11H2,1-3H3. The van der Waals surface area contributed by atoms with Crippen LogP contribution in [0.4, 0.5) is 5.69 Å². The molecule has 1 N–H and O–H groups in total. The van der Waals surface area contributed by atoms with E-state index in [-0.39, 0.29) is 11.3 Å². The van der Waals surface area contributed by atoms with Crippen molar-refractivity contribution in [3.05, 3.63) is 46.2 Å². The summed E-state index contributed by atoms with van der Waals surface area (Å²) < 4.78 is 1.45. The van der Waals surface area contributed by atoms with Gasteiger partial charge in [-0.1, -0.05) is 43.7 Å². The van der Waals surface area contributed by atoms with Gasteiger partial charge in [0.2, 0.25) is 0 Å². The smallest absolute Gasteiger partial charge is 0.290 e. The number of unbranched alkanes of at least 4 members (excludes halogenated alkanes) is 1. The molecule has 5 heteroatoms. The molecule has 0 saturated heterocycles. The lowest BCUT2D eigenvalue weighted by Crippen LogP contribution is -2.28. The summed E-state index contributed by atoms with van der Waals surface area (Å²) in [4.78, 5) is 24.6. The molecule has 1 heterocycles. The fourth-order valence-corrected chi connectivity index (χ4v) is 2.40. The first-order chi connectivity index (χ1) is 10.6. The molecular weight excluding hydrogens is 278 g/mol. The molecule has 0 aliphatic rings. The second kappa shape index (κ2) is 7.02. The second-order valence-electron chi connectivity index (χ2n) is 5.15. The summed E-state index contributed by atoms with van der Waals surface area (Å²) in [5, 5.41) is 7.33. The summed E-state index contributed by atoms with van der Waals surface area (Å²) in [7, 11) is 1.65. The highest BCUT2D eigenvalue weighted by Gasteiger charge is 2.20. The third-order valence-electron chi connectivity index (χ3n) is 3.53. The van der Waals surface area contributed by atoms with E-state index in [1.807, 2.05) is 30.3 Å². The van der Waals surface area contributed by atoms with Gasteiger partial charge in [0, 0.05) is 19.2 Å². The SMILES string of the molecule is CCCCn1nc(-c2ccccc2)c(C(C)=O)c(NC)c1=O. The van der Waals surface area contributed by atoms with Gasteiger partial charge >= 0.3 is 0 Å². The fraction of sp³-hybridized carbons (Fsp3) is 0.353. The molecule has 116 valence electrons. The lowest BCUT2D eigenvalue weighted by atomic mass is 10.0. The highest BCUT2D eigenvalue weighted by atomic mass is 16.1. The molecule has 0 amide bonds. The van der Waals surface area contributed by atoms with Gasteiger partial charge in [0.15, 0.2) is 5.78 Å². The minimum Gasteiger partial charge on any atom is -0.383 e. The van der Waals surface area contributed by atoms with Gasteiger partial charge in [-0.15, -0.1) is 0 Å². The zero-order valence-corrected chi connectivity index (χ0v) is 13.2. The summed E-state index contributed by atoms with van der Waals surface area (Å²) >= 11 is 0. The van der Waals surface area contributed by atoms with E-state index in [0.29, 0.717) is 23.5 Å². The van der Waals surface area contributed by atoms with Crippen LogP contribution in [0.5, 0.6) is 0 Å². The zero-order chi connectivity index (χ0) is 16.1. The Kier molecular flexibility index (Phi) is 5.09. The van der Waals surface area contributed by atoms with Crippen molar-refractivity contribution >= 4 is 11.5 Å². The molecule has 1 aromatic heterocycles. The zero-order valence-electron chi connectivity index (χ0n) is 13.2. The van der Waals surface area contributed by atoms with Crippen LogP contribution in [0, 0.1) is 0 Å². The predicted octanol–water partition coefficient (Wildman–Crippen LogP) is 2.95. The first kappa shape index (κ1) is 15.9. The van der Waals surface area contributed by atoms with Crippen molar-refractivity contribution in [1.29, 1.82) is 0 Å². The van der Waals surface area contributed by atoms with Gasteiger partial charge in [0.1, 0.15) is 11.4 Å². The Bertz CT molecular complexity index is 721. The molecule has 2 rings (SSSR count). The number of nitrogens with one attached hydrogen (secondary N) is 1. The maximum Gasteiger partial charge on any atom is 0.290 e. The number of rotatable bonds is 6. The van der Waals surface area contributed by atoms with Crippen molar-refractivity contribution in [2.24, 2.45) is 0 Å². The van der Waals surface area contributed by atoms with Gasteiger partial charge < -0.3 is 5.32 Å². The van der Waals surface area contributed by atoms with Crippen LogP contribution in [0.25, 0.3) is 11.3 Å². The van der Waals surface area contributed by atoms with Crippen molar-refractivity contribution < 1.29 is 4.79 Å². The third-order valence-corrected chi connectivity index (χ3v) is 3.53. The van der Waals surface area contributed by atoms with Crippen molar-refractivity contribution in [3.63, 3.8) is 0 Å². The maximum atomic E-state index is 12.5. The first-order valence-electron chi connectivity index (χ1n) is 7.49. The van der Waals surface area contributed by atoms with Gasteiger partial charge in [0.05, 0.1) is 5.56 Å². The third kappa shape index (κ3) is 3.08. The molecule has 0 radical (unpaired) electrons. The molecule has 0 aliphatic heterocycles. The van der Waals surface area contributed by atoms with Crippen molar-refractivity contribution in [1.82, 2.24) is 9.78 Å². The van der Waals surface area contributed by atoms with E-state index < -0.39 is 0 Å². The number of carbonyl (C=O) groups is 1. The Balaban J connectivity index is 2.74. The molecular formula is C17H21N3O2.